The Morgan fingerprint density at radius 1 is 1.39 bits per heavy atom. The van der Waals surface area contributed by atoms with Gasteiger partial charge in [-0.3, -0.25) is 14.6 Å². The van der Waals surface area contributed by atoms with Crippen LogP contribution in [0.25, 0.3) is 11.0 Å². The van der Waals surface area contributed by atoms with Crippen LogP contribution < -0.4 is 5.56 Å². The standard InChI is InChI=1S/C12H16N4OS/c1-18-12-13-7-9-10(14-12)16(15-11(9)17)8-5-3-2-4-6-8/h7-8H,2-6H2,1H3,(H,15,17). The van der Waals surface area contributed by atoms with Crippen LogP contribution in [-0.2, 0) is 0 Å². The molecule has 0 radical (unpaired) electrons. The van der Waals surface area contributed by atoms with Gasteiger partial charge in [0, 0.05) is 6.20 Å². The van der Waals surface area contributed by atoms with Gasteiger partial charge in [0.1, 0.15) is 5.39 Å². The SMILES string of the molecule is CSc1ncc2c(=O)[nH]n(C3CCCCC3)c2n1. The lowest BCUT2D eigenvalue weighted by molar-refractivity contribution is 0.334. The first kappa shape index (κ1) is 11.8. The first-order valence-electron chi connectivity index (χ1n) is 6.31. The molecule has 2 heterocycles. The number of hydrogen-bond donors (Lipinski definition) is 1. The third-order valence-electron chi connectivity index (χ3n) is 3.56. The van der Waals surface area contributed by atoms with Crippen molar-refractivity contribution >= 4 is 22.8 Å². The van der Waals surface area contributed by atoms with Crippen molar-refractivity contribution in [3.05, 3.63) is 16.6 Å². The summed E-state index contributed by atoms with van der Waals surface area (Å²) in [6, 6.07) is 0.383. The minimum atomic E-state index is -0.0803. The lowest BCUT2D eigenvalue weighted by Crippen LogP contribution is -2.16. The molecule has 1 N–H and O–H groups in total. The molecule has 0 spiro atoms. The lowest BCUT2D eigenvalue weighted by Gasteiger charge is -2.22. The molecular formula is C12H16N4OS. The second kappa shape index (κ2) is 4.76. The molecule has 0 bridgehead atoms. The summed E-state index contributed by atoms with van der Waals surface area (Å²) in [7, 11) is 0. The molecule has 0 aliphatic heterocycles. The summed E-state index contributed by atoms with van der Waals surface area (Å²) in [6.45, 7) is 0. The monoisotopic (exact) mass is 264 g/mol. The number of fused-ring (bicyclic) bond motifs is 1. The number of aromatic nitrogens is 4. The predicted molar refractivity (Wildman–Crippen MR) is 72.1 cm³/mol. The fourth-order valence-electron chi connectivity index (χ4n) is 2.63. The molecule has 1 fully saturated rings. The van der Waals surface area contributed by atoms with Gasteiger partial charge in [0.25, 0.3) is 5.56 Å². The van der Waals surface area contributed by atoms with Crippen molar-refractivity contribution in [2.24, 2.45) is 0 Å². The van der Waals surface area contributed by atoms with Crippen molar-refractivity contribution in [1.29, 1.82) is 0 Å². The highest BCUT2D eigenvalue weighted by atomic mass is 32.2. The van der Waals surface area contributed by atoms with E-state index in [1.165, 1.54) is 31.0 Å². The zero-order valence-electron chi connectivity index (χ0n) is 10.3. The number of nitrogens with one attached hydrogen (secondary N) is 1. The molecule has 2 aromatic heterocycles. The Hall–Kier alpha value is -1.30. The third kappa shape index (κ3) is 1.94. The lowest BCUT2D eigenvalue weighted by atomic mass is 9.96. The Balaban J connectivity index is 2.12. The number of hydrogen-bond acceptors (Lipinski definition) is 4. The summed E-state index contributed by atoms with van der Waals surface area (Å²) in [5.41, 5.74) is 0.675. The van der Waals surface area contributed by atoms with Crippen LogP contribution in [0, 0.1) is 0 Å². The van der Waals surface area contributed by atoms with Crippen LogP contribution in [0.1, 0.15) is 38.1 Å². The second-order valence-electron chi connectivity index (χ2n) is 4.70. The maximum atomic E-state index is 11.9. The average Bonchev–Trinajstić information content (AvgIpc) is 2.76. The third-order valence-corrected chi connectivity index (χ3v) is 4.13. The quantitative estimate of drug-likeness (QED) is 0.668. The van der Waals surface area contributed by atoms with Crippen molar-refractivity contribution in [3.63, 3.8) is 0 Å². The molecule has 6 heteroatoms. The van der Waals surface area contributed by atoms with Crippen LogP contribution >= 0.6 is 11.8 Å². The summed E-state index contributed by atoms with van der Waals surface area (Å²) in [5.74, 6) is 0. The van der Waals surface area contributed by atoms with Crippen molar-refractivity contribution in [2.75, 3.05) is 6.26 Å². The van der Waals surface area contributed by atoms with Gasteiger partial charge in [0.2, 0.25) is 0 Å². The van der Waals surface area contributed by atoms with Gasteiger partial charge in [0.05, 0.1) is 6.04 Å². The van der Waals surface area contributed by atoms with Gasteiger partial charge in [-0.25, -0.2) is 9.97 Å². The zero-order valence-corrected chi connectivity index (χ0v) is 11.2. The summed E-state index contributed by atoms with van der Waals surface area (Å²) < 4.78 is 1.96. The van der Waals surface area contributed by atoms with Crippen molar-refractivity contribution in [1.82, 2.24) is 19.7 Å². The molecule has 3 rings (SSSR count). The van der Waals surface area contributed by atoms with Gasteiger partial charge in [-0.15, -0.1) is 0 Å². The minimum absolute atomic E-state index is 0.0803. The van der Waals surface area contributed by atoms with Crippen LogP contribution in [0.5, 0.6) is 0 Å². The molecule has 1 aliphatic carbocycles. The Kier molecular flexibility index (Phi) is 3.11. The van der Waals surface area contributed by atoms with Gasteiger partial charge in [0.15, 0.2) is 10.8 Å². The topological polar surface area (TPSA) is 63.6 Å². The summed E-state index contributed by atoms with van der Waals surface area (Å²) in [5, 5.41) is 4.23. The Labute approximate surface area is 109 Å². The first-order valence-corrected chi connectivity index (χ1v) is 7.53. The van der Waals surface area contributed by atoms with Crippen LogP contribution in [0.2, 0.25) is 0 Å². The van der Waals surface area contributed by atoms with E-state index >= 15 is 0 Å². The van der Waals surface area contributed by atoms with E-state index in [-0.39, 0.29) is 5.56 Å². The van der Waals surface area contributed by atoms with Gasteiger partial charge in [-0.05, 0) is 19.1 Å². The number of rotatable bonds is 2. The largest absolute Gasteiger partial charge is 0.275 e. The van der Waals surface area contributed by atoms with Gasteiger partial charge in [-0.1, -0.05) is 31.0 Å². The molecule has 0 saturated heterocycles. The maximum absolute atomic E-state index is 11.9. The van der Waals surface area contributed by atoms with E-state index in [4.69, 9.17) is 0 Å². The number of H-pyrrole nitrogens is 1. The molecule has 0 aromatic carbocycles. The Bertz CT molecular complexity index is 612. The van der Waals surface area contributed by atoms with Crippen molar-refractivity contribution in [2.45, 2.75) is 43.3 Å². The van der Waals surface area contributed by atoms with Gasteiger partial charge < -0.3 is 0 Å². The van der Waals surface area contributed by atoms with E-state index in [1.807, 2.05) is 10.9 Å². The maximum Gasteiger partial charge on any atom is 0.275 e. The predicted octanol–water partition coefficient (Wildman–Crippen LogP) is 2.35. The molecule has 18 heavy (non-hydrogen) atoms. The Morgan fingerprint density at radius 2 is 2.17 bits per heavy atom. The number of thioether (sulfide) groups is 1. The molecule has 0 atom stereocenters. The molecule has 0 unspecified atom stereocenters. The second-order valence-corrected chi connectivity index (χ2v) is 5.47. The Morgan fingerprint density at radius 3 is 2.89 bits per heavy atom. The normalized spacial score (nSPS) is 17.4. The van der Waals surface area contributed by atoms with Crippen LogP contribution in [-0.4, -0.2) is 26.0 Å². The summed E-state index contributed by atoms with van der Waals surface area (Å²) in [4.78, 5) is 20.5. The molecular weight excluding hydrogens is 248 g/mol. The average molecular weight is 264 g/mol. The van der Waals surface area contributed by atoms with Gasteiger partial charge >= 0.3 is 0 Å². The van der Waals surface area contributed by atoms with E-state index in [0.717, 1.165) is 18.5 Å². The van der Waals surface area contributed by atoms with Gasteiger partial charge in [-0.2, -0.15) is 0 Å². The van der Waals surface area contributed by atoms with Crippen molar-refractivity contribution < 1.29 is 0 Å². The van der Waals surface area contributed by atoms with E-state index in [9.17, 15) is 4.79 Å². The summed E-state index contributed by atoms with van der Waals surface area (Å²) in [6.07, 6.45) is 9.57. The fraction of sp³-hybridized carbons (Fsp3) is 0.583. The zero-order chi connectivity index (χ0) is 12.5. The highest BCUT2D eigenvalue weighted by Crippen LogP contribution is 2.29. The van der Waals surface area contributed by atoms with E-state index < -0.39 is 0 Å². The summed E-state index contributed by atoms with van der Waals surface area (Å²) >= 11 is 1.50. The molecule has 1 saturated carbocycles. The van der Waals surface area contributed by atoms with Crippen molar-refractivity contribution in [3.8, 4) is 0 Å². The molecule has 1 aliphatic rings. The van der Waals surface area contributed by atoms with Crippen LogP contribution in [0.3, 0.4) is 0 Å². The van der Waals surface area contributed by atoms with Crippen LogP contribution in [0.15, 0.2) is 16.1 Å². The minimum Gasteiger partial charge on any atom is -0.267 e. The van der Waals surface area contributed by atoms with E-state index in [0.29, 0.717) is 16.6 Å². The molecule has 5 nitrogen and oxygen atoms in total. The fourth-order valence-corrected chi connectivity index (χ4v) is 2.96. The number of nitrogens with zero attached hydrogens (tertiary/aromatic N) is 3. The molecule has 96 valence electrons. The molecule has 0 amide bonds. The van der Waals surface area contributed by atoms with E-state index in [1.54, 1.807) is 6.20 Å². The first-order chi connectivity index (χ1) is 8.79. The highest BCUT2D eigenvalue weighted by Gasteiger charge is 2.20. The highest BCUT2D eigenvalue weighted by molar-refractivity contribution is 7.98. The van der Waals surface area contributed by atoms with Crippen LogP contribution in [0.4, 0.5) is 0 Å². The number of aromatic amines is 1. The smallest absolute Gasteiger partial charge is 0.267 e. The van der Waals surface area contributed by atoms with E-state index in [2.05, 4.69) is 15.1 Å². The molecule has 2 aromatic rings.